The van der Waals surface area contributed by atoms with E-state index in [1.807, 2.05) is 6.92 Å². The van der Waals surface area contributed by atoms with Gasteiger partial charge in [-0.15, -0.1) is 11.8 Å². The van der Waals surface area contributed by atoms with E-state index in [0.717, 1.165) is 0 Å². The van der Waals surface area contributed by atoms with Gasteiger partial charge in [0.25, 0.3) is 11.8 Å². The molecule has 2 N–H and O–H groups in total. The molecule has 1 aromatic rings. The van der Waals surface area contributed by atoms with E-state index < -0.39 is 41.3 Å². The molecular weight excluding hydrogens is 396 g/mol. The Bertz CT molecular complexity index is 869. The van der Waals surface area contributed by atoms with Crippen molar-refractivity contribution in [3.63, 3.8) is 0 Å². The molecule has 29 heavy (non-hydrogen) atoms. The lowest BCUT2D eigenvalue weighted by Gasteiger charge is -2.49. The van der Waals surface area contributed by atoms with Gasteiger partial charge in [-0.2, -0.15) is 0 Å². The van der Waals surface area contributed by atoms with Gasteiger partial charge in [0.1, 0.15) is 17.1 Å². The zero-order valence-corrected chi connectivity index (χ0v) is 16.9. The number of aliphatic carboxylic acids is 1. The van der Waals surface area contributed by atoms with Crippen molar-refractivity contribution >= 4 is 35.5 Å². The van der Waals surface area contributed by atoms with Crippen LogP contribution in [0.4, 0.5) is 0 Å². The first kappa shape index (κ1) is 20.9. The molecule has 3 atom stereocenters. The number of hydrogen-bond acceptors (Lipinski definition) is 6. The summed E-state index contributed by atoms with van der Waals surface area (Å²) in [6, 6.07) is 7.70. The first-order valence-corrected chi connectivity index (χ1v) is 10.3. The molecule has 154 valence electrons. The summed E-state index contributed by atoms with van der Waals surface area (Å²) < 4.78 is 5.37. The Balaban J connectivity index is 1.76. The molecule has 2 aliphatic heterocycles. The van der Waals surface area contributed by atoms with E-state index in [1.165, 1.54) is 16.7 Å². The van der Waals surface area contributed by atoms with Gasteiger partial charge in [-0.25, -0.2) is 4.79 Å². The first-order chi connectivity index (χ1) is 13.8. The lowest BCUT2D eigenvalue weighted by Crippen LogP contribution is -2.70. The van der Waals surface area contributed by atoms with E-state index in [9.17, 15) is 24.3 Å². The minimum absolute atomic E-state index is 0.0294. The van der Waals surface area contributed by atoms with Crippen LogP contribution < -0.4 is 5.32 Å². The quantitative estimate of drug-likeness (QED) is 0.513. The van der Waals surface area contributed by atoms with Crippen LogP contribution in [0.25, 0.3) is 0 Å². The van der Waals surface area contributed by atoms with E-state index >= 15 is 0 Å². The van der Waals surface area contributed by atoms with Gasteiger partial charge in [-0.1, -0.05) is 37.3 Å². The highest BCUT2D eigenvalue weighted by Crippen LogP contribution is 2.40. The number of carbonyl (C=O) groups is 4. The minimum atomic E-state index is -1.18. The maximum Gasteiger partial charge on any atom is 0.352 e. The van der Waals surface area contributed by atoms with E-state index in [4.69, 9.17) is 4.74 Å². The number of benzene rings is 1. The molecule has 2 aliphatic rings. The summed E-state index contributed by atoms with van der Waals surface area (Å²) in [6.45, 7) is 3.50. The highest BCUT2D eigenvalue weighted by atomic mass is 32.2. The molecule has 0 spiro atoms. The highest BCUT2D eigenvalue weighted by Gasteiger charge is 2.54. The number of amides is 2. The van der Waals surface area contributed by atoms with Crippen LogP contribution in [0.1, 0.15) is 38.4 Å². The summed E-state index contributed by atoms with van der Waals surface area (Å²) in [5.41, 5.74) is 1.07. The van der Waals surface area contributed by atoms with Gasteiger partial charge in [0.15, 0.2) is 0 Å². The maximum absolute atomic E-state index is 12.9. The lowest BCUT2D eigenvalue weighted by molar-refractivity contribution is -0.159. The summed E-state index contributed by atoms with van der Waals surface area (Å²) >= 11 is 1.39. The normalized spacial score (nSPS) is 21.7. The molecule has 1 aromatic carbocycles. The number of fused-ring (bicyclic) bond motifs is 1. The molecule has 1 fully saturated rings. The SMILES string of the molecule is CCCC(=O)O[C@@H](C(=O)N[C@@H]1C(=O)N2C(C(=O)O)=C(C)CS[C@H]12)c1ccccc1. The summed E-state index contributed by atoms with van der Waals surface area (Å²) in [5, 5.41) is 11.5. The number of hydrogen-bond donors (Lipinski definition) is 2. The molecule has 0 unspecified atom stereocenters. The molecule has 2 amide bonds. The molecule has 3 rings (SSSR count). The Kier molecular flexibility index (Phi) is 6.26. The third-order valence-corrected chi connectivity index (χ3v) is 6.13. The number of esters is 1. The fourth-order valence-corrected chi connectivity index (χ4v) is 4.59. The zero-order valence-electron chi connectivity index (χ0n) is 16.1. The molecule has 0 aliphatic carbocycles. The minimum Gasteiger partial charge on any atom is -0.477 e. The van der Waals surface area contributed by atoms with Crippen LogP contribution in [0.15, 0.2) is 41.6 Å². The monoisotopic (exact) mass is 418 g/mol. The van der Waals surface area contributed by atoms with Crippen molar-refractivity contribution in [1.29, 1.82) is 0 Å². The molecule has 2 heterocycles. The van der Waals surface area contributed by atoms with Gasteiger partial charge in [0, 0.05) is 17.7 Å². The molecule has 0 aromatic heterocycles. The van der Waals surface area contributed by atoms with Crippen molar-refractivity contribution in [2.75, 3.05) is 5.75 Å². The van der Waals surface area contributed by atoms with Crippen LogP contribution in [-0.2, 0) is 23.9 Å². The first-order valence-electron chi connectivity index (χ1n) is 9.27. The average Bonchev–Trinajstić information content (AvgIpc) is 2.70. The molecule has 8 nitrogen and oxygen atoms in total. The van der Waals surface area contributed by atoms with Gasteiger partial charge in [0.05, 0.1) is 0 Å². The molecular formula is C20H22N2O6S. The Hall–Kier alpha value is -2.81. The molecule has 9 heteroatoms. The Morgan fingerprint density at radius 1 is 1.31 bits per heavy atom. The van der Waals surface area contributed by atoms with E-state index in [0.29, 0.717) is 23.3 Å². The molecule has 0 bridgehead atoms. The van der Waals surface area contributed by atoms with Crippen LogP contribution in [0, 0.1) is 0 Å². The molecule has 0 saturated carbocycles. The van der Waals surface area contributed by atoms with Crippen molar-refractivity contribution in [3.8, 4) is 0 Å². The third-order valence-electron chi connectivity index (χ3n) is 4.70. The topological polar surface area (TPSA) is 113 Å². The Labute approximate surface area is 172 Å². The average molecular weight is 418 g/mol. The summed E-state index contributed by atoms with van der Waals surface area (Å²) in [6.07, 6.45) is -0.417. The fourth-order valence-electron chi connectivity index (χ4n) is 3.30. The summed E-state index contributed by atoms with van der Waals surface area (Å²) in [4.78, 5) is 50.2. The van der Waals surface area contributed by atoms with Crippen LogP contribution >= 0.6 is 11.8 Å². The van der Waals surface area contributed by atoms with E-state index in [1.54, 1.807) is 37.3 Å². The second-order valence-electron chi connectivity index (χ2n) is 6.86. The number of thioether (sulfide) groups is 1. The predicted octanol–water partition coefficient (Wildman–Crippen LogP) is 1.83. The highest BCUT2D eigenvalue weighted by molar-refractivity contribution is 8.00. The standard InChI is InChI=1S/C20H22N2O6S/c1-3-7-13(23)28-16(12-8-5-4-6-9-12)17(24)21-14-18(25)22-15(20(26)27)11(2)10-29-19(14)22/h4-6,8-9,14,16,19H,3,7,10H2,1-2H3,(H,21,24)(H,26,27)/t14-,16-,19-/m1/s1. The van der Waals surface area contributed by atoms with E-state index in [-0.39, 0.29) is 12.1 Å². The van der Waals surface area contributed by atoms with Crippen molar-refractivity contribution in [2.45, 2.75) is 44.2 Å². The number of carboxylic acids is 1. The van der Waals surface area contributed by atoms with Gasteiger partial charge < -0.3 is 15.2 Å². The van der Waals surface area contributed by atoms with Crippen LogP contribution in [0.2, 0.25) is 0 Å². The van der Waals surface area contributed by atoms with Gasteiger partial charge >= 0.3 is 11.9 Å². The van der Waals surface area contributed by atoms with Gasteiger partial charge in [-0.05, 0) is 18.9 Å². The number of rotatable bonds is 7. The molecule has 1 saturated heterocycles. The number of nitrogens with one attached hydrogen (secondary N) is 1. The van der Waals surface area contributed by atoms with Crippen LogP contribution in [0.5, 0.6) is 0 Å². The van der Waals surface area contributed by atoms with Crippen molar-refractivity contribution in [2.24, 2.45) is 0 Å². The van der Waals surface area contributed by atoms with Crippen molar-refractivity contribution < 1.29 is 29.0 Å². The number of ether oxygens (including phenoxy) is 1. The maximum atomic E-state index is 12.9. The zero-order chi connectivity index (χ0) is 21.1. The molecule has 0 radical (unpaired) electrons. The van der Waals surface area contributed by atoms with Gasteiger partial charge in [0.2, 0.25) is 6.10 Å². The van der Waals surface area contributed by atoms with E-state index in [2.05, 4.69) is 5.32 Å². The van der Waals surface area contributed by atoms with Crippen LogP contribution in [0.3, 0.4) is 0 Å². The van der Waals surface area contributed by atoms with Crippen molar-refractivity contribution in [3.05, 3.63) is 47.2 Å². The third kappa shape index (κ3) is 4.14. The van der Waals surface area contributed by atoms with Crippen LogP contribution in [-0.4, -0.2) is 50.9 Å². The second kappa shape index (κ2) is 8.69. The number of nitrogens with zero attached hydrogens (tertiary/aromatic N) is 1. The second-order valence-corrected chi connectivity index (χ2v) is 7.97. The summed E-state index contributed by atoms with van der Waals surface area (Å²) in [5.74, 6) is -2.31. The fraction of sp³-hybridized carbons (Fsp3) is 0.400. The summed E-state index contributed by atoms with van der Waals surface area (Å²) in [7, 11) is 0. The Morgan fingerprint density at radius 2 is 2.00 bits per heavy atom. The van der Waals surface area contributed by atoms with Crippen molar-refractivity contribution in [1.82, 2.24) is 10.2 Å². The lowest BCUT2D eigenvalue weighted by atomic mass is 10.0. The Morgan fingerprint density at radius 3 is 2.62 bits per heavy atom. The smallest absolute Gasteiger partial charge is 0.352 e. The largest absolute Gasteiger partial charge is 0.477 e. The predicted molar refractivity (Wildman–Crippen MR) is 106 cm³/mol. The number of carboxylic acid groups (broad SMARTS) is 1. The number of β-lactam (4-membered cyclic amide) rings is 1. The van der Waals surface area contributed by atoms with Gasteiger partial charge in [-0.3, -0.25) is 19.3 Å². The number of carbonyl (C=O) groups excluding carboxylic acids is 3.